The summed E-state index contributed by atoms with van der Waals surface area (Å²) in [5.41, 5.74) is 2.37. The fourth-order valence-corrected chi connectivity index (χ4v) is 2.17. The van der Waals surface area contributed by atoms with Gasteiger partial charge in [0.2, 0.25) is 0 Å². The van der Waals surface area contributed by atoms with Crippen LogP contribution in [-0.4, -0.2) is 31.7 Å². The SMILES string of the molecule is CNc1ccc(C)cc1C(=O)NC1(C)CCOC1. The first kappa shape index (κ1) is 12.9. The van der Waals surface area contributed by atoms with Crippen molar-refractivity contribution in [2.45, 2.75) is 25.8 Å². The van der Waals surface area contributed by atoms with Crippen LogP contribution in [0.15, 0.2) is 18.2 Å². The highest BCUT2D eigenvalue weighted by atomic mass is 16.5. The molecule has 4 nitrogen and oxygen atoms in total. The summed E-state index contributed by atoms with van der Waals surface area (Å²) in [5, 5.41) is 6.12. The van der Waals surface area contributed by atoms with Crippen LogP contribution in [-0.2, 0) is 4.74 Å². The van der Waals surface area contributed by atoms with Gasteiger partial charge >= 0.3 is 0 Å². The van der Waals surface area contributed by atoms with Crippen molar-refractivity contribution in [2.24, 2.45) is 0 Å². The lowest BCUT2D eigenvalue weighted by molar-refractivity contribution is 0.0890. The summed E-state index contributed by atoms with van der Waals surface area (Å²) in [4.78, 5) is 12.3. The summed E-state index contributed by atoms with van der Waals surface area (Å²) in [5.74, 6) is -0.0453. The molecule has 1 fully saturated rings. The van der Waals surface area contributed by atoms with Crippen LogP contribution in [0.3, 0.4) is 0 Å². The van der Waals surface area contributed by atoms with Gasteiger partial charge < -0.3 is 15.4 Å². The summed E-state index contributed by atoms with van der Waals surface area (Å²) in [6, 6.07) is 5.82. The third-order valence-electron chi connectivity index (χ3n) is 3.32. The summed E-state index contributed by atoms with van der Waals surface area (Å²) in [6.07, 6.45) is 0.861. The number of benzene rings is 1. The number of hydrogen-bond donors (Lipinski definition) is 2. The second kappa shape index (κ2) is 4.98. The van der Waals surface area contributed by atoms with Crippen molar-refractivity contribution in [1.29, 1.82) is 0 Å². The van der Waals surface area contributed by atoms with E-state index in [9.17, 15) is 4.79 Å². The molecule has 18 heavy (non-hydrogen) atoms. The van der Waals surface area contributed by atoms with Gasteiger partial charge in [-0.25, -0.2) is 0 Å². The maximum absolute atomic E-state index is 12.3. The zero-order chi connectivity index (χ0) is 13.2. The van der Waals surface area contributed by atoms with Gasteiger partial charge in [-0.1, -0.05) is 11.6 Å². The summed E-state index contributed by atoms with van der Waals surface area (Å²) >= 11 is 0. The molecule has 0 bridgehead atoms. The third kappa shape index (κ3) is 2.64. The van der Waals surface area contributed by atoms with E-state index in [-0.39, 0.29) is 11.4 Å². The zero-order valence-electron chi connectivity index (χ0n) is 11.2. The topological polar surface area (TPSA) is 50.4 Å². The van der Waals surface area contributed by atoms with Crippen LogP contribution in [0.4, 0.5) is 5.69 Å². The molecule has 1 unspecified atom stereocenters. The van der Waals surface area contributed by atoms with Crippen LogP contribution in [0.25, 0.3) is 0 Å². The second-order valence-corrected chi connectivity index (χ2v) is 5.12. The van der Waals surface area contributed by atoms with Gasteiger partial charge in [0.25, 0.3) is 5.91 Å². The molecule has 0 spiro atoms. The van der Waals surface area contributed by atoms with Crippen molar-refractivity contribution in [3.05, 3.63) is 29.3 Å². The van der Waals surface area contributed by atoms with Crippen LogP contribution < -0.4 is 10.6 Å². The summed E-state index contributed by atoms with van der Waals surface area (Å²) in [6.45, 7) is 5.30. The molecule has 1 aromatic rings. The fraction of sp³-hybridized carbons (Fsp3) is 0.500. The predicted octanol–water partition coefficient (Wildman–Crippen LogP) is 1.95. The van der Waals surface area contributed by atoms with Gasteiger partial charge in [0.05, 0.1) is 17.7 Å². The molecule has 1 aromatic carbocycles. The molecular weight excluding hydrogens is 228 g/mol. The standard InChI is InChI=1S/C14H20N2O2/c1-10-4-5-12(15-3)11(8-10)13(17)16-14(2)6-7-18-9-14/h4-5,8,15H,6-7,9H2,1-3H3,(H,16,17). The largest absolute Gasteiger partial charge is 0.387 e. The maximum Gasteiger partial charge on any atom is 0.253 e. The molecule has 0 saturated carbocycles. The first-order chi connectivity index (χ1) is 8.54. The molecule has 4 heteroatoms. The summed E-state index contributed by atoms with van der Waals surface area (Å²) in [7, 11) is 1.82. The molecule has 1 amide bonds. The third-order valence-corrected chi connectivity index (χ3v) is 3.32. The van der Waals surface area contributed by atoms with Gasteiger partial charge in [-0.2, -0.15) is 0 Å². The minimum absolute atomic E-state index is 0.0453. The second-order valence-electron chi connectivity index (χ2n) is 5.12. The maximum atomic E-state index is 12.3. The molecule has 1 heterocycles. The van der Waals surface area contributed by atoms with E-state index < -0.39 is 0 Å². The van der Waals surface area contributed by atoms with Crippen LogP contribution in [0.1, 0.15) is 29.3 Å². The molecule has 1 aliphatic heterocycles. The van der Waals surface area contributed by atoms with Crippen molar-refractivity contribution in [1.82, 2.24) is 5.32 Å². The Morgan fingerprint density at radius 1 is 1.44 bits per heavy atom. The quantitative estimate of drug-likeness (QED) is 0.859. The van der Waals surface area contributed by atoms with Gasteiger partial charge in [0.15, 0.2) is 0 Å². The molecular formula is C14H20N2O2. The number of nitrogens with one attached hydrogen (secondary N) is 2. The Balaban J connectivity index is 2.20. The molecule has 0 aliphatic carbocycles. The van der Waals surface area contributed by atoms with Crippen molar-refractivity contribution in [3.63, 3.8) is 0 Å². The van der Waals surface area contributed by atoms with Crippen molar-refractivity contribution in [2.75, 3.05) is 25.6 Å². The van der Waals surface area contributed by atoms with E-state index >= 15 is 0 Å². The van der Waals surface area contributed by atoms with Crippen LogP contribution in [0.2, 0.25) is 0 Å². The number of carbonyl (C=O) groups is 1. The van der Waals surface area contributed by atoms with E-state index in [0.29, 0.717) is 18.8 Å². The Hall–Kier alpha value is -1.55. The Morgan fingerprint density at radius 3 is 2.83 bits per heavy atom. The van der Waals surface area contributed by atoms with Crippen molar-refractivity contribution in [3.8, 4) is 0 Å². The van der Waals surface area contributed by atoms with Gasteiger partial charge in [0, 0.05) is 19.3 Å². The van der Waals surface area contributed by atoms with Crippen LogP contribution in [0, 0.1) is 6.92 Å². The molecule has 1 saturated heterocycles. The number of carbonyl (C=O) groups excluding carboxylic acids is 1. The first-order valence-corrected chi connectivity index (χ1v) is 6.23. The van der Waals surface area contributed by atoms with E-state index in [1.54, 1.807) is 0 Å². The number of aryl methyl sites for hydroxylation is 1. The molecule has 1 aliphatic rings. The van der Waals surface area contributed by atoms with E-state index in [1.807, 2.05) is 39.1 Å². The Bertz CT molecular complexity index is 451. The number of ether oxygens (including phenoxy) is 1. The normalized spacial score (nSPS) is 22.8. The lowest BCUT2D eigenvalue weighted by Gasteiger charge is -2.24. The summed E-state index contributed by atoms with van der Waals surface area (Å²) < 4.78 is 5.35. The Morgan fingerprint density at radius 2 is 2.22 bits per heavy atom. The molecule has 2 N–H and O–H groups in total. The van der Waals surface area contributed by atoms with Crippen LogP contribution >= 0.6 is 0 Å². The van der Waals surface area contributed by atoms with E-state index in [0.717, 1.165) is 17.7 Å². The monoisotopic (exact) mass is 248 g/mol. The molecule has 0 aromatic heterocycles. The van der Waals surface area contributed by atoms with Crippen molar-refractivity contribution < 1.29 is 9.53 Å². The zero-order valence-corrected chi connectivity index (χ0v) is 11.2. The average molecular weight is 248 g/mol. The lowest BCUT2D eigenvalue weighted by Crippen LogP contribution is -2.46. The molecule has 0 radical (unpaired) electrons. The van der Waals surface area contributed by atoms with E-state index in [1.165, 1.54) is 0 Å². The average Bonchev–Trinajstić information content (AvgIpc) is 2.75. The number of anilines is 1. The van der Waals surface area contributed by atoms with E-state index in [4.69, 9.17) is 4.74 Å². The van der Waals surface area contributed by atoms with E-state index in [2.05, 4.69) is 10.6 Å². The Labute approximate surface area is 108 Å². The minimum Gasteiger partial charge on any atom is -0.387 e. The predicted molar refractivity (Wildman–Crippen MR) is 72.0 cm³/mol. The van der Waals surface area contributed by atoms with Crippen molar-refractivity contribution >= 4 is 11.6 Å². The van der Waals surface area contributed by atoms with Crippen LogP contribution in [0.5, 0.6) is 0 Å². The highest BCUT2D eigenvalue weighted by Crippen LogP contribution is 2.21. The highest BCUT2D eigenvalue weighted by molar-refractivity contribution is 6.00. The van der Waals surface area contributed by atoms with Gasteiger partial charge in [0.1, 0.15) is 0 Å². The highest BCUT2D eigenvalue weighted by Gasteiger charge is 2.31. The first-order valence-electron chi connectivity index (χ1n) is 6.23. The van der Waals surface area contributed by atoms with Gasteiger partial charge in [-0.15, -0.1) is 0 Å². The number of rotatable bonds is 3. The smallest absolute Gasteiger partial charge is 0.253 e. The number of amides is 1. The van der Waals surface area contributed by atoms with Gasteiger partial charge in [-0.05, 0) is 32.4 Å². The number of hydrogen-bond acceptors (Lipinski definition) is 3. The molecule has 2 rings (SSSR count). The lowest BCUT2D eigenvalue weighted by atomic mass is 10.0. The molecule has 98 valence electrons. The van der Waals surface area contributed by atoms with Gasteiger partial charge in [-0.3, -0.25) is 4.79 Å². The minimum atomic E-state index is -0.244. The molecule has 1 atom stereocenters. The Kier molecular flexibility index (Phi) is 3.57. The fourth-order valence-electron chi connectivity index (χ4n) is 2.17.